The van der Waals surface area contributed by atoms with E-state index in [4.69, 9.17) is 9.84 Å². The normalized spacial score (nSPS) is 42.8. The van der Waals surface area contributed by atoms with Gasteiger partial charge in [-0.05, 0) is 20.3 Å². The highest BCUT2D eigenvalue weighted by Gasteiger charge is 2.47. The minimum absolute atomic E-state index is 0.0302. The Balaban J connectivity index is 2.73. The average Bonchev–Trinajstić information content (AvgIpc) is 2.03. The van der Waals surface area contributed by atoms with Crippen LogP contribution >= 0.6 is 0 Å². The summed E-state index contributed by atoms with van der Waals surface area (Å²) in [5.41, 5.74) is -0.791. The van der Waals surface area contributed by atoms with Crippen LogP contribution in [0.15, 0.2) is 0 Å². The third kappa shape index (κ3) is 1.55. The van der Waals surface area contributed by atoms with Crippen LogP contribution in [0.4, 0.5) is 0 Å². The van der Waals surface area contributed by atoms with Crippen LogP contribution in [0.1, 0.15) is 27.2 Å². The standard InChI is InChI=1S/C8H16O3/c1-7(2)4-8(3,5-9)6(10)11-7/h6,9-10H,4-5H2,1-3H3. The molecule has 0 aromatic carbocycles. The number of aliphatic hydroxyl groups is 2. The summed E-state index contributed by atoms with van der Waals surface area (Å²) in [6.45, 7) is 5.62. The Morgan fingerprint density at radius 3 is 2.18 bits per heavy atom. The molecule has 0 bridgehead atoms. The molecule has 1 rings (SSSR count). The van der Waals surface area contributed by atoms with Crippen LogP contribution in [-0.2, 0) is 4.74 Å². The first-order chi connectivity index (χ1) is 4.90. The molecule has 1 aliphatic rings. The highest BCUT2D eigenvalue weighted by atomic mass is 16.6. The molecule has 0 aliphatic carbocycles. The fourth-order valence-electron chi connectivity index (χ4n) is 1.68. The molecule has 66 valence electrons. The summed E-state index contributed by atoms with van der Waals surface area (Å²) < 4.78 is 5.25. The molecule has 2 N–H and O–H groups in total. The second-order valence-corrected chi connectivity index (χ2v) is 4.22. The second kappa shape index (κ2) is 2.44. The Bertz CT molecular complexity index is 155. The van der Waals surface area contributed by atoms with E-state index in [1.165, 1.54) is 0 Å². The van der Waals surface area contributed by atoms with Gasteiger partial charge in [0, 0.05) is 5.41 Å². The number of hydrogen-bond acceptors (Lipinski definition) is 3. The summed E-state index contributed by atoms with van der Waals surface area (Å²) in [5, 5.41) is 18.4. The first-order valence-corrected chi connectivity index (χ1v) is 3.86. The maximum Gasteiger partial charge on any atom is 0.162 e. The summed E-state index contributed by atoms with van der Waals surface area (Å²) in [6, 6.07) is 0. The molecule has 1 saturated heterocycles. The molecule has 0 aromatic rings. The first kappa shape index (κ1) is 8.97. The fourth-order valence-corrected chi connectivity index (χ4v) is 1.68. The zero-order chi connectivity index (χ0) is 8.70. The number of aliphatic hydroxyl groups excluding tert-OH is 2. The molecule has 3 heteroatoms. The fraction of sp³-hybridized carbons (Fsp3) is 1.00. The Labute approximate surface area is 67.0 Å². The van der Waals surface area contributed by atoms with Crippen molar-refractivity contribution < 1.29 is 14.9 Å². The van der Waals surface area contributed by atoms with Gasteiger partial charge in [0.25, 0.3) is 0 Å². The summed E-state index contributed by atoms with van der Waals surface area (Å²) in [4.78, 5) is 0. The van der Waals surface area contributed by atoms with Gasteiger partial charge < -0.3 is 14.9 Å². The van der Waals surface area contributed by atoms with E-state index in [2.05, 4.69) is 0 Å². The van der Waals surface area contributed by atoms with Gasteiger partial charge in [-0.1, -0.05) is 6.92 Å². The van der Waals surface area contributed by atoms with Crippen molar-refractivity contribution in [1.82, 2.24) is 0 Å². The Kier molecular flexibility index (Phi) is 1.99. The van der Waals surface area contributed by atoms with Crippen LogP contribution in [0.25, 0.3) is 0 Å². The van der Waals surface area contributed by atoms with Gasteiger partial charge in [0.1, 0.15) is 0 Å². The molecule has 2 atom stereocenters. The average molecular weight is 160 g/mol. The van der Waals surface area contributed by atoms with Crippen LogP contribution in [0, 0.1) is 5.41 Å². The highest BCUT2D eigenvalue weighted by Crippen LogP contribution is 2.42. The third-order valence-electron chi connectivity index (χ3n) is 2.22. The smallest absolute Gasteiger partial charge is 0.162 e. The number of hydrogen-bond donors (Lipinski definition) is 2. The lowest BCUT2D eigenvalue weighted by molar-refractivity contribution is -0.159. The lowest BCUT2D eigenvalue weighted by atomic mass is 9.84. The zero-order valence-corrected chi connectivity index (χ0v) is 7.29. The van der Waals surface area contributed by atoms with Gasteiger partial charge in [-0.2, -0.15) is 0 Å². The minimum Gasteiger partial charge on any atom is -0.396 e. The summed E-state index contributed by atoms with van der Waals surface area (Å²) in [6.07, 6.45) is -0.139. The van der Waals surface area contributed by atoms with Crippen molar-refractivity contribution >= 4 is 0 Å². The Hall–Kier alpha value is -0.120. The van der Waals surface area contributed by atoms with E-state index < -0.39 is 11.7 Å². The monoisotopic (exact) mass is 160 g/mol. The number of rotatable bonds is 1. The molecule has 11 heavy (non-hydrogen) atoms. The van der Waals surface area contributed by atoms with Gasteiger partial charge in [-0.15, -0.1) is 0 Å². The van der Waals surface area contributed by atoms with E-state index >= 15 is 0 Å². The maximum atomic E-state index is 9.40. The molecule has 1 fully saturated rings. The molecule has 3 nitrogen and oxygen atoms in total. The van der Waals surface area contributed by atoms with Crippen molar-refractivity contribution in [2.24, 2.45) is 5.41 Å². The van der Waals surface area contributed by atoms with E-state index in [-0.39, 0.29) is 12.2 Å². The quantitative estimate of drug-likeness (QED) is 0.587. The zero-order valence-electron chi connectivity index (χ0n) is 7.29. The van der Waals surface area contributed by atoms with Crippen LogP contribution in [-0.4, -0.2) is 28.7 Å². The summed E-state index contributed by atoms with van der Waals surface area (Å²) >= 11 is 0. The predicted molar refractivity (Wildman–Crippen MR) is 41.0 cm³/mol. The molecule has 1 heterocycles. The number of ether oxygens (including phenoxy) is 1. The SMILES string of the molecule is CC1(C)CC(C)(CO)C(O)O1. The van der Waals surface area contributed by atoms with E-state index in [0.717, 1.165) is 0 Å². The van der Waals surface area contributed by atoms with Gasteiger partial charge >= 0.3 is 0 Å². The minimum atomic E-state index is -0.831. The molecule has 0 spiro atoms. The molecule has 0 aromatic heterocycles. The van der Waals surface area contributed by atoms with Gasteiger partial charge in [-0.25, -0.2) is 0 Å². The third-order valence-corrected chi connectivity index (χ3v) is 2.22. The largest absolute Gasteiger partial charge is 0.396 e. The van der Waals surface area contributed by atoms with E-state index in [1.807, 2.05) is 20.8 Å². The van der Waals surface area contributed by atoms with Gasteiger partial charge in [-0.3, -0.25) is 0 Å². The molecule has 1 aliphatic heterocycles. The highest BCUT2D eigenvalue weighted by molar-refractivity contribution is 4.91. The van der Waals surface area contributed by atoms with Gasteiger partial charge in [0.15, 0.2) is 6.29 Å². The van der Waals surface area contributed by atoms with E-state index in [9.17, 15) is 5.11 Å². The lowest BCUT2D eigenvalue weighted by Gasteiger charge is -2.22. The molecular formula is C8H16O3. The lowest BCUT2D eigenvalue weighted by Crippen LogP contribution is -2.30. The molecule has 0 saturated carbocycles. The first-order valence-electron chi connectivity index (χ1n) is 3.86. The molecule has 0 amide bonds. The van der Waals surface area contributed by atoms with Crippen LogP contribution in [0.3, 0.4) is 0 Å². The molecule has 2 unspecified atom stereocenters. The van der Waals surface area contributed by atoms with Gasteiger partial charge in [0.05, 0.1) is 12.2 Å². The second-order valence-electron chi connectivity index (χ2n) is 4.22. The summed E-state index contributed by atoms with van der Waals surface area (Å²) in [5.74, 6) is 0. The molecule has 0 radical (unpaired) electrons. The Morgan fingerprint density at radius 2 is 2.00 bits per heavy atom. The van der Waals surface area contributed by atoms with Crippen molar-refractivity contribution in [1.29, 1.82) is 0 Å². The van der Waals surface area contributed by atoms with Crippen molar-refractivity contribution in [2.75, 3.05) is 6.61 Å². The van der Waals surface area contributed by atoms with Gasteiger partial charge in [0.2, 0.25) is 0 Å². The topological polar surface area (TPSA) is 49.7 Å². The van der Waals surface area contributed by atoms with E-state index in [0.29, 0.717) is 6.42 Å². The predicted octanol–water partition coefficient (Wildman–Crippen LogP) is 0.502. The Morgan fingerprint density at radius 1 is 1.45 bits per heavy atom. The van der Waals surface area contributed by atoms with Crippen molar-refractivity contribution in [2.45, 2.75) is 39.1 Å². The summed E-state index contributed by atoms with van der Waals surface area (Å²) in [7, 11) is 0. The molecular weight excluding hydrogens is 144 g/mol. The van der Waals surface area contributed by atoms with Crippen LogP contribution in [0.2, 0.25) is 0 Å². The van der Waals surface area contributed by atoms with E-state index in [1.54, 1.807) is 0 Å². The van der Waals surface area contributed by atoms with Crippen LogP contribution < -0.4 is 0 Å². The van der Waals surface area contributed by atoms with Crippen molar-refractivity contribution in [3.05, 3.63) is 0 Å². The van der Waals surface area contributed by atoms with Crippen LogP contribution in [0.5, 0.6) is 0 Å². The van der Waals surface area contributed by atoms with Crippen molar-refractivity contribution in [3.63, 3.8) is 0 Å². The van der Waals surface area contributed by atoms with Crippen molar-refractivity contribution in [3.8, 4) is 0 Å². The maximum absolute atomic E-state index is 9.40.